The van der Waals surface area contributed by atoms with Gasteiger partial charge in [-0.3, -0.25) is 13.9 Å². The van der Waals surface area contributed by atoms with E-state index in [1.165, 1.54) is 7.11 Å². The fraction of sp³-hybridized carbons (Fsp3) is 0.273. The lowest BCUT2D eigenvalue weighted by Crippen LogP contribution is -2.47. The highest BCUT2D eigenvalue weighted by atomic mass is 32.2. The molecule has 0 spiro atoms. The molecule has 0 aromatic heterocycles. The lowest BCUT2D eigenvalue weighted by Gasteiger charge is -2.30. The second kappa shape index (κ2) is 10.6. The van der Waals surface area contributed by atoms with E-state index < -0.39 is 22.0 Å². The predicted molar refractivity (Wildman–Crippen MR) is 122 cm³/mol. The van der Waals surface area contributed by atoms with Crippen LogP contribution in [0.15, 0.2) is 61.2 Å². The Labute approximate surface area is 183 Å². The number of amides is 2. The summed E-state index contributed by atoms with van der Waals surface area (Å²) in [5.74, 6) is -0.360. The van der Waals surface area contributed by atoms with Crippen molar-refractivity contribution in [1.82, 2.24) is 5.32 Å². The minimum absolute atomic E-state index is 0.218. The Kier molecular flexibility index (Phi) is 8.21. The summed E-state index contributed by atoms with van der Waals surface area (Å²) in [6.45, 7) is 5.55. The van der Waals surface area contributed by atoms with Crippen molar-refractivity contribution in [3.8, 4) is 5.75 Å². The molecule has 0 aliphatic heterocycles. The highest BCUT2D eigenvalue weighted by Gasteiger charge is 2.32. The number of anilines is 2. The van der Waals surface area contributed by atoms with Crippen LogP contribution in [0.5, 0.6) is 5.75 Å². The number of nitrogens with zero attached hydrogens (tertiary/aromatic N) is 1. The topological polar surface area (TPSA) is 105 Å². The molecule has 2 aromatic rings. The number of sulfonamides is 1. The number of methoxy groups -OCH3 is 1. The van der Waals surface area contributed by atoms with Crippen molar-refractivity contribution in [3.05, 3.63) is 66.7 Å². The maximum atomic E-state index is 13.1. The first kappa shape index (κ1) is 23.9. The summed E-state index contributed by atoms with van der Waals surface area (Å²) < 4.78 is 31.3. The van der Waals surface area contributed by atoms with E-state index in [4.69, 9.17) is 4.74 Å². The van der Waals surface area contributed by atoms with E-state index >= 15 is 0 Å². The van der Waals surface area contributed by atoms with Crippen LogP contribution < -0.4 is 19.7 Å². The largest absolute Gasteiger partial charge is 0.497 e. The van der Waals surface area contributed by atoms with E-state index in [9.17, 15) is 18.0 Å². The second-order valence-corrected chi connectivity index (χ2v) is 8.57. The van der Waals surface area contributed by atoms with Gasteiger partial charge in [0, 0.05) is 6.54 Å². The first-order valence-electron chi connectivity index (χ1n) is 9.65. The van der Waals surface area contributed by atoms with Gasteiger partial charge in [0.25, 0.3) is 5.91 Å². The lowest BCUT2D eigenvalue weighted by molar-refractivity contribution is -0.117. The van der Waals surface area contributed by atoms with Gasteiger partial charge in [-0.25, -0.2) is 8.42 Å². The number of hydrogen-bond acceptors (Lipinski definition) is 5. The zero-order valence-electron chi connectivity index (χ0n) is 17.8. The Morgan fingerprint density at radius 3 is 2.35 bits per heavy atom. The number of carbonyl (C=O) groups excluding carboxylic acids is 2. The van der Waals surface area contributed by atoms with Crippen LogP contribution in [0.25, 0.3) is 0 Å². The summed E-state index contributed by atoms with van der Waals surface area (Å²) in [6.07, 6.45) is 2.81. The lowest BCUT2D eigenvalue weighted by atomic mass is 10.1. The number of nitrogens with one attached hydrogen (secondary N) is 2. The fourth-order valence-electron chi connectivity index (χ4n) is 3.06. The Hall–Kier alpha value is -3.33. The highest BCUT2D eigenvalue weighted by Crippen LogP contribution is 2.26. The van der Waals surface area contributed by atoms with Crippen molar-refractivity contribution in [1.29, 1.82) is 0 Å². The molecule has 0 heterocycles. The predicted octanol–water partition coefficient (Wildman–Crippen LogP) is 2.79. The Morgan fingerprint density at radius 1 is 1.16 bits per heavy atom. The smallest absolute Gasteiger partial charge is 0.253 e. The quantitative estimate of drug-likeness (QED) is 0.547. The van der Waals surface area contributed by atoms with Crippen molar-refractivity contribution < 1.29 is 22.7 Å². The summed E-state index contributed by atoms with van der Waals surface area (Å²) in [7, 11) is -2.28. The van der Waals surface area contributed by atoms with Crippen LogP contribution in [-0.4, -0.2) is 46.2 Å². The van der Waals surface area contributed by atoms with Crippen molar-refractivity contribution in [2.45, 2.75) is 19.4 Å². The number of ether oxygens (including phenoxy) is 1. The molecule has 2 N–H and O–H groups in total. The van der Waals surface area contributed by atoms with Gasteiger partial charge in [-0.2, -0.15) is 0 Å². The summed E-state index contributed by atoms with van der Waals surface area (Å²) >= 11 is 0. The summed E-state index contributed by atoms with van der Waals surface area (Å²) in [4.78, 5) is 25.5. The summed E-state index contributed by atoms with van der Waals surface area (Å²) in [6, 6.07) is 11.9. The van der Waals surface area contributed by atoms with E-state index in [1.807, 2.05) is 0 Å². The molecule has 9 heteroatoms. The molecule has 1 atom stereocenters. The van der Waals surface area contributed by atoms with E-state index in [0.29, 0.717) is 11.4 Å². The molecule has 0 saturated heterocycles. The van der Waals surface area contributed by atoms with Crippen LogP contribution in [0.1, 0.15) is 23.7 Å². The zero-order chi connectivity index (χ0) is 23.0. The fourth-order valence-corrected chi connectivity index (χ4v) is 4.27. The monoisotopic (exact) mass is 445 g/mol. The summed E-state index contributed by atoms with van der Waals surface area (Å²) in [5, 5.41) is 5.37. The van der Waals surface area contributed by atoms with Gasteiger partial charge < -0.3 is 15.4 Å². The SMILES string of the molecule is C=CCNC(=O)c1ccccc1NC(=O)[C@@H](CC)N(c1ccc(OC)cc1)S(C)(=O)=O. The molecule has 0 unspecified atom stereocenters. The highest BCUT2D eigenvalue weighted by molar-refractivity contribution is 7.92. The molecule has 2 rings (SSSR count). The zero-order valence-corrected chi connectivity index (χ0v) is 18.6. The van der Waals surface area contributed by atoms with Gasteiger partial charge in [-0.1, -0.05) is 25.1 Å². The molecule has 0 saturated carbocycles. The first-order valence-corrected chi connectivity index (χ1v) is 11.5. The van der Waals surface area contributed by atoms with Gasteiger partial charge in [0.2, 0.25) is 15.9 Å². The molecular weight excluding hydrogens is 418 g/mol. The maximum Gasteiger partial charge on any atom is 0.253 e. The normalized spacial score (nSPS) is 11.8. The molecule has 0 aliphatic carbocycles. The number of rotatable bonds is 10. The third-order valence-corrected chi connectivity index (χ3v) is 5.67. The number of carbonyl (C=O) groups is 2. The standard InChI is InChI=1S/C22H27N3O5S/c1-5-15-23-21(26)18-9-7-8-10-19(18)24-22(27)20(6-2)25(31(4,28)29)16-11-13-17(30-3)14-12-16/h5,7-14,20H,1,6,15H2,2-4H3,(H,23,26)(H,24,27)/t20-/m1/s1. The Morgan fingerprint density at radius 2 is 1.81 bits per heavy atom. The van der Waals surface area contributed by atoms with Crippen molar-refractivity contribution >= 4 is 33.2 Å². The molecule has 0 aliphatic rings. The molecule has 31 heavy (non-hydrogen) atoms. The van der Waals surface area contributed by atoms with Crippen LogP contribution in [-0.2, 0) is 14.8 Å². The van der Waals surface area contributed by atoms with Gasteiger partial charge in [-0.05, 0) is 42.8 Å². The van der Waals surface area contributed by atoms with Crippen LogP contribution >= 0.6 is 0 Å². The number of para-hydroxylation sites is 1. The van der Waals surface area contributed by atoms with Crippen molar-refractivity contribution in [2.24, 2.45) is 0 Å². The molecule has 0 bridgehead atoms. The van der Waals surface area contributed by atoms with E-state index in [-0.39, 0.29) is 30.1 Å². The third-order valence-electron chi connectivity index (χ3n) is 4.49. The van der Waals surface area contributed by atoms with Crippen LogP contribution in [0.3, 0.4) is 0 Å². The minimum Gasteiger partial charge on any atom is -0.497 e. The van der Waals surface area contributed by atoms with E-state index in [0.717, 1.165) is 10.6 Å². The molecule has 0 radical (unpaired) electrons. The first-order chi connectivity index (χ1) is 14.7. The molecular formula is C22H27N3O5S. The van der Waals surface area contributed by atoms with Crippen molar-refractivity contribution in [3.63, 3.8) is 0 Å². The van der Waals surface area contributed by atoms with E-state index in [1.54, 1.807) is 61.5 Å². The van der Waals surface area contributed by atoms with Crippen LogP contribution in [0.2, 0.25) is 0 Å². The van der Waals surface area contributed by atoms with Crippen LogP contribution in [0, 0.1) is 0 Å². The van der Waals surface area contributed by atoms with Gasteiger partial charge in [0.1, 0.15) is 11.8 Å². The molecule has 2 amide bonds. The maximum absolute atomic E-state index is 13.1. The molecule has 166 valence electrons. The average molecular weight is 446 g/mol. The van der Waals surface area contributed by atoms with E-state index in [2.05, 4.69) is 17.2 Å². The van der Waals surface area contributed by atoms with Gasteiger partial charge in [-0.15, -0.1) is 6.58 Å². The van der Waals surface area contributed by atoms with Crippen molar-refractivity contribution in [2.75, 3.05) is 29.5 Å². The minimum atomic E-state index is -3.78. The van der Waals surface area contributed by atoms with Crippen LogP contribution in [0.4, 0.5) is 11.4 Å². The summed E-state index contributed by atoms with van der Waals surface area (Å²) in [5.41, 5.74) is 0.890. The molecule has 2 aromatic carbocycles. The average Bonchev–Trinajstić information content (AvgIpc) is 2.75. The second-order valence-electron chi connectivity index (χ2n) is 6.71. The molecule has 0 fully saturated rings. The van der Waals surface area contributed by atoms with Gasteiger partial charge in [0.15, 0.2) is 0 Å². The number of benzene rings is 2. The Balaban J connectivity index is 2.37. The molecule has 8 nitrogen and oxygen atoms in total. The number of hydrogen-bond donors (Lipinski definition) is 2. The van der Waals surface area contributed by atoms with Gasteiger partial charge >= 0.3 is 0 Å². The van der Waals surface area contributed by atoms with Gasteiger partial charge in [0.05, 0.1) is 30.3 Å². The third kappa shape index (κ3) is 6.08. The Bertz CT molecular complexity index is 1040.